The van der Waals surface area contributed by atoms with Gasteiger partial charge < -0.3 is 0 Å². The van der Waals surface area contributed by atoms with Crippen molar-refractivity contribution < 1.29 is 0 Å². The van der Waals surface area contributed by atoms with Crippen LogP contribution in [0.25, 0.3) is 0 Å². The summed E-state index contributed by atoms with van der Waals surface area (Å²) in [5.41, 5.74) is 0. The maximum Gasteiger partial charge on any atom is -0.0324 e. The number of unbranched alkanes of at least 4 members (excludes halogenated alkanes) is 9. The molecule has 1 unspecified atom stereocenters. The van der Waals surface area contributed by atoms with Crippen LogP contribution in [0.4, 0.5) is 0 Å². The molecule has 0 fully saturated rings. The summed E-state index contributed by atoms with van der Waals surface area (Å²) in [6.45, 7) is 9.33. The van der Waals surface area contributed by atoms with E-state index in [1.165, 1.54) is 109 Å². The second-order valence-corrected chi connectivity index (χ2v) is 8.05. The summed E-state index contributed by atoms with van der Waals surface area (Å²) >= 11 is 0. The van der Waals surface area contributed by atoms with Crippen LogP contribution in [-0.2, 0) is 0 Å². The van der Waals surface area contributed by atoms with E-state index < -0.39 is 0 Å². The third-order valence-electron chi connectivity index (χ3n) is 5.49. The Kier molecular flexibility index (Phi) is 19.3. The average Bonchev–Trinajstić information content (AvgIpc) is 2.59. The highest BCUT2D eigenvalue weighted by molar-refractivity contribution is 4.84. The zero-order chi connectivity index (χ0) is 17.9. The second-order valence-electron chi connectivity index (χ2n) is 8.05. The smallest absolute Gasteiger partial charge is 0.0324 e. The van der Waals surface area contributed by atoms with Crippen LogP contribution >= 0.6 is 0 Å². The van der Waals surface area contributed by atoms with Gasteiger partial charge in [0.15, 0.2) is 0 Å². The lowest BCUT2D eigenvalue weighted by Crippen LogP contribution is -2.11. The zero-order valence-electron chi connectivity index (χ0n) is 17.8. The van der Waals surface area contributed by atoms with Crippen molar-refractivity contribution >= 4 is 0 Å². The first-order valence-electron chi connectivity index (χ1n) is 11.6. The SMILES string of the molecule is CCCCCCC([CH]C(CCCCCC)CCCCCC)CCC. The van der Waals surface area contributed by atoms with Crippen molar-refractivity contribution in [3.63, 3.8) is 0 Å². The van der Waals surface area contributed by atoms with Gasteiger partial charge in [-0.3, -0.25) is 0 Å². The second kappa shape index (κ2) is 19.3. The van der Waals surface area contributed by atoms with E-state index in [0.717, 1.165) is 11.8 Å². The summed E-state index contributed by atoms with van der Waals surface area (Å²) in [5.74, 6) is 1.80. The lowest BCUT2D eigenvalue weighted by molar-refractivity contribution is 0.372. The van der Waals surface area contributed by atoms with Crippen LogP contribution < -0.4 is 0 Å². The molecular weight excluding hydrogens is 288 g/mol. The molecule has 0 saturated carbocycles. The van der Waals surface area contributed by atoms with E-state index in [4.69, 9.17) is 0 Å². The highest BCUT2D eigenvalue weighted by Gasteiger charge is 2.16. The Hall–Kier alpha value is 0. The molecule has 0 aliphatic heterocycles. The van der Waals surface area contributed by atoms with E-state index >= 15 is 0 Å². The number of rotatable bonds is 19. The van der Waals surface area contributed by atoms with Crippen molar-refractivity contribution in [3.8, 4) is 0 Å². The van der Waals surface area contributed by atoms with Crippen LogP contribution in [0.2, 0.25) is 0 Å². The number of hydrogen-bond donors (Lipinski definition) is 0. The van der Waals surface area contributed by atoms with Crippen molar-refractivity contribution in [1.29, 1.82) is 0 Å². The van der Waals surface area contributed by atoms with Gasteiger partial charge in [-0.15, -0.1) is 0 Å². The lowest BCUT2D eigenvalue weighted by Gasteiger charge is -2.23. The molecule has 0 heterocycles. The fourth-order valence-corrected chi connectivity index (χ4v) is 3.93. The van der Waals surface area contributed by atoms with Crippen molar-refractivity contribution in [3.05, 3.63) is 6.42 Å². The van der Waals surface area contributed by atoms with Crippen LogP contribution in [0.5, 0.6) is 0 Å². The molecule has 0 rings (SSSR count). The van der Waals surface area contributed by atoms with Crippen LogP contribution in [0.1, 0.15) is 137 Å². The highest BCUT2D eigenvalue weighted by Crippen LogP contribution is 2.29. The molecule has 0 aromatic heterocycles. The molecule has 0 amide bonds. The zero-order valence-corrected chi connectivity index (χ0v) is 17.8. The monoisotopic (exact) mass is 337 g/mol. The van der Waals surface area contributed by atoms with E-state index in [1.807, 2.05) is 0 Å². The standard InChI is InChI=1S/C24H49/c1-5-9-12-15-19-23(18-8-4)22-24(20-16-13-10-6-2)21-17-14-11-7-3/h22-24H,5-21H2,1-4H3. The van der Waals surface area contributed by atoms with Crippen LogP contribution in [0, 0.1) is 18.3 Å². The molecule has 0 aliphatic rings. The van der Waals surface area contributed by atoms with Gasteiger partial charge in [0.05, 0.1) is 0 Å². The molecule has 0 aromatic rings. The predicted molar refractivity (Wildman–Crippen MR) is 112 cm³/mol. The van der Waals surface area contributed by atoms with Crippen LogP contribution in [0.3, 0.4) is 0 Å². The molecule has 0 aliphatic carbocycles. The van der Waals surface area contributed by atoms with Gasteiger partial charge in [-0.05, 0) is 18.3 Å². The summed E-state index contributed by atoms with van der Waals surface area (Å²) in [5, 5.41) is 0. The molecule has 0 heteroatoms. The first kappa shape index (κ1) is 24.0. The van der Waals surface area contributed by atoms with Crippen molar-refractivity contribution in [1.82, 2.24) is 0 Å². The van der Waals surface area contributed by atoms with Gasteiger partial charge in [0.1, 0.15) is 0 Å². The maximum atomic E-state index is 2.81. The molecule has 0 N–H and O–H groups in total. The largest absolute Gasteiger partial charge is 0.0654 e. The van der Waals surface area contributed by atoms with Gasteiger partial charge in [-0.25, -0.2) is 0 Å². The van der Waals surface area contributed by atoms with Crippen LogP contribution in [-0.4, -0.2) is 0 Å². The average molecular weight is 338 g/mol. The normalized spacial score (nSPS) is 12.9. The summed E-state index contributed by atoms with van der Waals surface area (Å²) in [6, 6.07) is 0. The summed E-state index contributed by atoms with van der Waals surface area (Å²) in [4.78, 5) is 0. The lowest BCUT2D eigenvalue weighted by atomic mass is 9.82. The summed E-state index contributed by atoms with van der Waals surface area (Å²) < 4.78 is 0. The van der Waals surface area contributed by atoms with E-state index in [9.17, 15) is 0 Å². The predicted octanol–water partition coefficient (Wildman–Crippen LogP) is 9.13. The molecule has 0 nitrogen and oxygen atoms in total. The van der Waals surface area contributed by atoms with Gasteiger partial charge in [-0.1, -0.05) is 137 Å². The molecule has 145 valence electrons. The third kappa shape index (κ3) is 15.5. The molecule has 0 bridgehead atoms. The Balaban J connectivity index is 4.23. The van der Waals surface area contributed by atoms with E-state index in [0.29, 0.717) is 0 Å². The van der Waals surface area contributed by atoms with E-state index in [1.54, 1.807) is 0 Å². The van der Waals surface area contributed by atoms with Gasteiger partial charge >= 0.3 is 0 Å². The van der Waals surface area contributed by atoms with Gasteiger partial charge in [-0.2, -0.15) is 0 Å². The Bertz CT molecular complexity index is 208. The molecular formula is C24H49. The highest BCUT2D eigenvalue weighted by atomic mass is 14.2. The van der Waals surface area contributed by atoms with E-state index in [2.05, 4.69) is 34.1 Å². The molecule has 0 spiro atoms. The fraction of sp³-hybridized carbons (Fsp3) is 0.958. The Labute approximate surface area is 155 Å². The van der Waals surface area contributed by atoms with Crippen LogP contribution in [0.15, 0.2) is 0 Å². The van der Waals surface area contributed by atoms with Crippen molar-refractivity contribution in [2.24, 2.45) is 11.8 Å². The van der Waals surface area contributed by atoms with Crippen molar-refractivity contribution in [2.45, 2.75) is 137 Å². The molecule has 0 aromatic carbocycles. The van der Waals surface area contributed by atoms with Gasteiger partial charge in [0.25, 0.3) is 0 Å². The quantitative estimate of drug-likeness (QED) is 0.206. The minimum absolute atomic E-state index is 0.897. The Morgan fingerprint density at radius 2 is 0.792 bits per heavy atom. The molecule has 0 saturated heterocycles. The number of hydrogen-bond acceptors (Lipinski definition) is 0. The first-order valence-corrected chi connectivity index (χ1v) is 11.6. The minimum Gasteiger partial charge on any atom is -0.0654 e. The topological polar surface area (TPSA) is 0 Å². The van der Waals surface area contributed by atoms with Crippen molar-refractivity contribution in [2.75, 3.05) is 0 Å². The Morgan fingerprint density at radius 1 is 0.417 bits per heavy atom. The Morgan fingerprint density at radius 3 is 1.12 bits per heavy atom. The summed E-state index contributed by atoms with van der Waals surface area (Å²) in [7, 11) is 0. The first-order chi connectivity index (χ1) is 11.8. The fourth-order valence-electron chi connectivity index (χ4n) is 3.93. The van der Waals surface area contributed by atoms with Gasteiger partial charge in [0, 0.05) is 0 Å². The van der Waals surface area contributed by atoms with Gasteiger partial charge in [0.2, 0.25) is 0 Å². The molecule has 1 radical (unpaired) electrons. The molecule has 1 atom stereocenters. The maximum absolute atomic E-state index is 2.81. The summed E-state index contributed by atoms with van der Waals surface area (Å²) in [6.07, 6.45) is 27.0. The third-order valence-corrected chi connectivity index (χ3v) is 5.49. The van der Waals surface area contributed by atoms with E-state index in [-0.39, 0.29) is 0 Å². The minimum atomic E-state index is 0.897. The molecule has 24 heavy (non-hydrogen) atoms.